The van der Waals surface area contributed by atoms with Crippen LogP contribution in [0, 0.1) is 5.41 Å². The zero-order chi connectivity index (χ0) is 18.5. The number of rotatable bonds is 7. The first-order chi connectivity index (χ1) is 11.1. The van der Waals surface area contributed by atoms with Crippen molar-refractivity contribution in [1.29, 1.82) is 0 Å². The molecule has 0 spiro atoms. The number of hydrogen-bond donors (Lipinski definition) is 1. The molecule has 134 valence electrons. The van der Waals surface area contributed by atoms with Gasteiger partial charge in [-0.05, 0) is 36.0 Å². The Morgan fingerprint density at radius 1 is 1.21 bits per heavy atom. The molecule has 1 rings (SSSR count). The summed E-state index contributed by atoms with van der Waals surface area (Å²) in [6, 6.07) is 3.10. The third-order valence-electron chi connectivity index (χ3n) is 4.05. The van der Waals surface area contributed by atoms with E-state index in [1.54, 1.807) is 12.1 Å². The molecule has 1 atom stereocenters. The Bertz CT molecular complexity index is 602. The molecule has 1 unspecified atom stereocenters. The van der Waals surface area contributed by atoms with Crippen molar-refractivity contribution in [2.45, 2.75) is 66.4 Å². The van der Waals surface area contributed by atoms with Crippen LogP contribution in [-0.2, 0) is 11.2 Å². The highest BCUT2D eigenvalue weighted by Gasteiger charge is 2.30. The first kappa shape index (κ1) is 20.7. The lowest BCUT2D eigenvalue weighted by atomic mass is 9.86. The number of unbranched alkanes of at least 4 members (excludes halogenated alkanes) is 1. The Morgan fingerprint density at radius 3 is 2.29 bits per heavy atom. The highest BCUT2D eigenvalue weighted by Crippen LogP contribution is 2.29. The van der Waals surface area contributed by atoms with Gasteiger partial charge in [0.05, 0.1) is 11.1 Å². The molecule has 0 heterocycles. The fraction of sp³-hybridized carbons (Fsp3) is 0.579. The van der Waals surface area contributed by atoms with E-state index in [1.807, 2.05) is 27.7 Å². The molecule has 0 aliphatic rings. The number of carbonyl (C=O) groups is 2. The summed E-state index contributed by atoms with van der Waals surface area (Å²) < 4.78 is 6.42. The van der Waals surface area contributed by atoms with Gasteiger partial charge in [0.15, 0.2) is 0 Å². The van der Waals surface area contributed by atoms with Crippen LogP contribution in [0.5, 0.6) is 0 Å². The van der Waals surface area contributed by atoms with Crippen molar-refractivity contribution < 1.29 is 19.4 Å². The van der Waals surface area contributed by atoms with E-state index in [0.717, 1.165) is 29.3 Å². The minimum absolute atomic E-state index is 0.0109. The van der Waals surface area contributed by atoms with Gasteiger partial charge in [-0.1, -0.05) is 63.4 Å². The Hall–Kier alpha value is -1.36. The van der Waals surface area contributed by atoms with Gasteiger partial charge < -0.3 is 9.84 Å². The van der Waals surface area contributed by atoms with Crippen molar-refractivity contribution in [2.24, 2.45) is 5.41 Å². The number of carboxylic acids is 1. The van der Waals surface area contributed by atoms with E-state index in [1.165, 1.54) is 0 Å². The van der Waals surface area contributed by atoms with Gasteiger partial charge in [-0.15, -0.1) is 0 Å². The highest BCUT2D eigenvalue weighted by atomic mass is 79.9. The summed E-state index contributed by atoms with van der Waals surface area (Å²) in [5.41, 5.74) is 0.734. The van der Waals surface area contributed by atoms with Crippen LogP contribution in [0.3, 0.4) is 0 Å². The number of carbonyl (C=O) groups excluding carboxylic acids is 1. The molecule has 4 nitrogen and oxygen atoms in total. The molecule has 24 heavy (non-hydrogen) atoms. The molecule has 0 aliphatic carbocycles. The van der Waals surface area contributed by atoms with E-state index in [2.05, 4.69) is 22.9 Å². The van der Waals surface area contributed by atoms with Gasteiger partial charge in [-0.25, -0.2) is 9.59 Å². The van der Waals surface area contributed by atoms with E-state index in [9.17, 15) is 14.7 Å². The molecule has 0 radical (unpaired) electrons. The summed E-state index contributed by atoms with van der Waals surface area (Å²) in [6.07, 6.45) is 3.16. The van der Waals surface area contributed by atoms with Gasteiger partial charge in [0, 0.05) is 4.47 Å². The summed E-state index contributed by atoms with van der Waals surface area (Å²) in [6.45, 7) is 10.1. The number of hydrogen-bond acceptors (Lipinski definition) is 3. The van der Waals surface area contributed by atoms with Crippen LogP contribution in [-0.4, -0.2) is 23.1 Å². The zero-order valence-electron chi connectivity index (χ0n) is 15.1. The molecule has 0 aliphatic heterocycles. The smallest absolute Gasteiger partial charge is 0.339 e. The maximum atomic E-state index is 12.6. The number of carboxylic acid groups (broad SMARTS) is 1. The van der Waals surface area contributed by atoms with Gasteiger partial charge in [0.25, 0.3) is 0 Å². The van der Waals surface area contributed by atoms with E-state index in [4.69, 9.17) is 4.74 Å². The zero-order valence-corrected chi connectivity index (χ0v) is 16.7. The average Bonchev–Trinajstić information content (AvgIpc) is 2.49. The summed E-state index contributed by atoms with van der Waals surface area (Å²) in [7, 11) is 0. The Balaban J connectivity index is 3.17. The molecular formula is C19H27BrO4. The fourth-order valence-corrected chi connectivity index (χ4v) is 3.11. The minimum Gasteiger partial charge on any atom is -0.478 e. The second kappa shape index (κ2) is 8.65. The number of aromatic carboxylic acids is 1. The summed E-state index contributed by atoms with van der Waals surface area (Å²) >= 11 is 3.41. The maximum absolute atomic E-state index is 12.6. The molecule has 5 heteroatoms. The van der Waals surface area contributed by atoms with Gasteiger partial charge in [0.2, 0.25) is 0 Å². The second-order valence-corrected chi connectivity index (χ2v) is 7.90. The van der Waals surface area contributed by atoms with Crippen molar-refractivity contribution >= 4 is 27.9 Å². The first-order valence-electron chi connectivity index (χ1n) is 8.38. The SMILES string of the molecule is CCCCC(OC(=O)c1cc(Br)c(CC)cc1C(=O)O)C(C)(C)C. The summed E-state index contributed by atoms with van der Waals surface area (Å²) in [5.74, 6) is -1.70. The highest BCUT2D eigenvalue weighted by molar-refractivity contribution is 9.10. The van der Waals surface area contributed by atoms with Crippen LogP contribution in [0.2, 0.25) is 0 Å². The lowest BCUT2D eigenvalue weighted by molar-refractivity contribution is -0.00697. The van der Waals surface area contributed by atoms with Gasteiger partial charge >= 0.3 is 11.9 Å². The fourth-order valence-electron chi connectivity index (χ4n) is 2.49. The Kier molecular flexibility index (Phi) is 7.46. The summed E-state index contributed by atoms with van der Waals surface area (Å²) in [4.78, 5) is 24.2. The van der Waals surface area contributed by atoms with Crippen LogP contribution in [0.15, 0.2) is 16.6 Å². The van der Waals surface area contributed by atoms with E-state index < -0.39 is 11.9 Å². The topological polar surface area (TPSA) is 63.6 Å². The summed E-state index contributed by atoms with van der Waals surface area (Å²) in [5, 5.41) is 9.44. The quantitative estimate of drug-likeness (QED) is 0.618. The molecule has 0 saturated heterocycles. The molecule has 0 saturated carbocycles. The van der Waals surface area contributed by atoms with Crippen LogP contribution in [0.4, 0.5) is 0 Å². The number of aryl methyl sites for hydroxylation is 1. The monoisotopic (exact) mass is 398 g/mol. The third kappa shape index (κ3) is 5.33. The normalized spacial score (nSPS) is 12.8. The average molecular weight is 399 g/mol. The van der Waals surface area contributed by atoms with Crippen molar-refractivity contribution in [1.82, 2.24) is 0 Å². The predicted molar refractivity (Wildman–Crippen MR) is 98.7 cm³/mol. The number of benzene rings is 1. The number of esters is 1. The maximum Gasteiger partial charge on any atom is 0.339 e. The van der Waals surface area contributed by atoms with Gasteiger partial charge in [-0.2, -0.15) is 0 Å². The first-order valence-corrected chi connectivity index (χ1v) is 9.17. The number of halogens is 1. The van der Waals surface area contributed by atoms with E-state index >= 15 is 0 Å². The van der Waals surface area contributed by atoms with Crippen molar-refractivity contribution in [3.63, 3.8) is 0 Å². The van der Waals surface area contributed by atoms with Gasteiger partial charge in [0.1, 0.15) is 6.10 Å². The van der Waals surface area contributed by atoms with Gasteiger partial charge in [-0.3, -0.25) is 0 Å². The standard InChI is InChI=1S/C19H27BrO4/c1-6-8-9-16(19(3,4)5)24-18(23)14-11-15(20)12(7-2)10-13(14)17(21)22/h10-11,16H,6-9H2,1-5H3,(H,21,22). The van der Waals surface area contributed by atoms with E-state index in [-0.39, 0.29) is 22.6 Å². The molecule has 1 aromatic carbocycles. The van der Waals surface area contributed by atoms with E-state index in [0.29, 0.717) is 6.42 Å². The second-order valence-electron chi connectivity index (χ2n) is 7.05. The Morgan fingerprint density at radius 2 is 1.83 bits per heavy atom. The largest absolute Gasteiger partial charge is 0.478 e. The van der Waals surface area contributed by atoms with Crippen molar-refractivity contribution in [2.75, 3.05) is 0 Å². The predicted octanol–water partition coefficient (Wildman–Crippen LogP) is 5.47. The van der Waals surface area contributed by atoms with Crippen molar-refractivity contribution in [3.8, 4) is 0 Å². The molecule has 0 fully saturated rings. The van der Waals surface area contributed by atoms with Crippen LogP contribution in [0.25, 0.3) is 0 Å². The molecule has 0 amide bonds. The van der Waals surface area contributed by atoms with Crippen LogP contribution in [0.1, 0.15) is 80.2 Å². The third-order valence-corrected chi connectivity index (χ3v) is 4.79. The van der Waals surface area contributed by atoms with Crippen LogP contribution < -0.4 is 0 Å². The van der Waals surface area contributed by atoms with Crippen LogP contribution >= 0.6 is 15.9 Å². The molecule has 0 aromatic heterocycles. The lowest BCUT2D eigenvalue weighted by Crippen LogP contribution is -2.32. The van der Waals surface area contributed by atoms with Crippen molar-refractivity contribution in [3.05, 3.63) is 33.3 Å². The number of ether oxygens (including phenoxy) is 1. The minimum atomic E-state index is -1.12. The molecule has 0 bridgehead atoms. The molecule has 1 N–H and O–H groups in total. The molecular weight excluding hydrogens is 372 g/mol. The Labute approximate surface area is 152 Å². The molecule has 1 aromatic rings. The lowest BCUT2D eigenvalue weighted by Gasteiger charge is -2.30.